The number of pyridine rings is 1. The topological polar surface area (TPSA) is 73.2 Å². The third-order valence-corrected chi connectivity index (χ3v) is 1.70. The summed E-state index contributed by atoms with van der Waals surface area (Å²) >= 11 is 0. The molecule has 1 aromatic heterocycles. The van der Waals surface area contributed by atoms with Gasteiger partial charge in [-0.1, -0.05) is 6.07 Å². The van der Waals surface area contributed by atoms with E-state index in [1.807, 2.05) is 6.07 Å². The lowest BCUT2D eigenvalue weighted by molar-refractivity contribution is -0.315. The molecule has 1 aromatic rings. The van der Waals surface area contributed by atoms with E-state index in [-0.39, 0.29) is 6.42 Å². The Morgan fingerprint density at radius 3 is 3.00 bits per heavy atom. The van der Waals surface area contributed by atoms with Gasteiger partial charge in [-0.3, -0.25) is 4.98 Å². The molecule has 1 atom stereocenters. The fraction of sp³-hybridized carbons (Fsp3) is 0.333. The molecule has 0 spiro atoms. The summed E-state index contributed by atoms with van der Waals surface area (Å²) in [6.07, 6.45) is 2.54. The van der Waals surface area contributed by atoms with E-state index in [2.05, 4.69) is 4.98 Å². The van der Waals surface area contributed by atoms with Gasteiger partial charge < -0.3 is 15.0 Å². The molecule has 1 N–H and O–H groups in total. The summed E-state index contributed by atoms with van der Waals surface area (Å²) in [6.45, 7) is 0. The van der Waals surface area contributed by atoms with E-state index in [0.717, 1.165) is 5.56 Å². The predicted octanol–water partition coefficient (Wildman–Crippen LogP) is -0.875. The van der Waals surface area contributed by atoms with Gasteiger partial charge in [-0.15, -0.1) is 0 Å². The van der Waals surface area contributed by atoms with Crippen molar-refractivity contribution in [2.24, 2.45) is 0 Å². The van der Waals surface area contributed by atoms with Gasteiger partial charge in [-0.05, 0) is 24.5 Å². The predicted molar refractivity (Wildman–Crippen MR) is 43.6 cm³/mol. The second-order valence-corrected chi connectivity index (χ2v) is 2.73. The van der Waals surface area contributed by atoms with Crippen LogP contribution in [0.3, 0.4) is 0 Å². The molecule has 70 valence electrons. The number of carboxylic acid groups (broad SMARTS) is 1. The monoisotopic (exact) mass is 180 g/mol. The molecule has 0 aliphatic heterocycles. The molecule has 0 aromatic carbocycles. The number of aliphatic hydroxyl groups is 1. The zero-order valence-corrected chi connectivity index (χ0v) is 7.01. The maximum atomic E-state index is 10.1. The van der Waals surface area contributed by atoms with Crippen molar-refractivity contribution in [1.29, 1.82) is 0 Å². The molecular formula is C9H10NO3-. The number of carboxylic acids is 1. The van der Waals surface area contributed by atoms with Gasteiger partial charge in [0.1, 0.15) is 0 Å². The average molecular weight is 180 g/mol. The molecule has 0 saturated carbocycles. The number of aliphatic carboxylic acids is 1. The smallest absolute Gasteiger partial charge is 0.0936 e. The van der Waals surface area contributed by atoms with Crippen LogP contribution in [0.15, 0.2) is 24.5 Å². The molecule has 13 heavy (non-hydrogen) atoms. The largest absolute Gasteiger partial charge is 0.547 e. The maximum absolute atomic E-state index is 10.1. The van der Waals surface area contributed by atoms with Crippen LogP contribution in [-0.2, 0) is 11.2 Å². The van der Waals surface area contributed by atoms with Gasteiger partial charge in [0.15, 0.2) is 0 Å². The molecule has 0 radical (unpaired) electrons. The summed E-state index contributed by atoms with van der Waals surface area (Å²) in [5.41, 5.74) is 0.905. The van der Waals surface area contributed by atoms with Crippen molar-refractivity contribution in [3.63, 3.8) is 0 Å². The Hall–Kier alpha value is -1.42. The number of carbonyl (C=O) groups excluding carboxylic acids is 1. The molecule has 4 nitrogen and oxygen atoms in total. The van der Waals surface area contributed by atoms with E-state index in [1.165, 1.54) is 0 Å². The molecule has 1 rings (SSSR count). The van der Waals surface area contributed by atoms with Crippen molar-refractivity contribution < 1.29 is 15.0 Å². The summed E-state index contributed by atoms with van der Waals surface area (Å²) in [4.78, 5) is 14.0. The number of rotatable bonds is 4. The number of hydrogen-bond donors (Lipinski definition) is 1. The van der Waals surface area contributed by atoms with Crippen LogP contribution in [0.1, 0.15) is 12.0 Å². The molecule has 4 heteroatoms. The summed E-state index contributed by atoms with van der Waals surface area (Å²) in [5, 5.41) is 19.0. The van der Waals surface area contributed by atoms with Gasteiger partial charge in [-0.25, -0.2) is 0 Å². The summed E-state index contributed by atoms with van der Waals surface area (Å²) < 4.78 is 0. The van der Waals surface area contributed by atoms with E-state index >= 15 is 0 Å². The minimum atomic E-state index is -1.43. The molecular weight excluding hydrogens is 170 g/mol. The van der Waals surface area contributed by atoms with Crippen LogP contribution in [0, 0.1) is 0 Å². The highest BCUT2D eigenvalue weighted by atomic mass is 16.4. The zero-order valence-electron chi connectivity index (χ0n) is 7.01. The van der Waals surface area contributed by atoms with Gasteiger partial charge in [0.25, 0.3) is 0 Å². The van der Waals surface area contributed by atoms with Crippen LogP contribution in [0.5, 0.6) is 0 Å². The molecule has 1 unspecified atom stereocenters. The molecule has 0 saturated heterocycles. The molecule has 0 bridgehead atoms. The first-order valence-corrected chi connectivity index (χ1v) is 3.98. The maximum Gasteiger partial charge on any atom is 0.0936 e. The van der Waals surface area contributed by atoms with Crippen LogP contribution < -0.4 is 5.11 Å². The van der Waals surface area contributed by atoms with Crippen LogP contribution in [-0.4, -0.2) is 22.2 Å². The van der Waals surface area contributed by atoms with Crippen molar-refractivity contribution in [3.8, 4) is 0 Å². The van der Waals surface area contributed by atoms with Crippen molar-refractivity contribution in [2.75, 3.05) is 0 Å². The Labute approximate surface area is 75.9 Å². The minimum absolute atomic E-state index is 0.161. The first-order valence-electron chi connectivity index (χ1n) is 3.98. The zero-order chi connectivity index (χ0) is 9.68. The standard InChI is InChI=1S/C9H11NO3/c11-8(9(12)13)4-3-7-2-1-5-10-6-7/h1-2,5-6,8,11H,3-4H2,(H,12,13)/p-1. The molecule has 0 fully saturated rings. The normalized spacial score (nSPS) is 12.4. The highest BCUT2D eigenvalue weighted by molar-refractivity contribution is 5.69. The highest BCUT2D eigenvalue weighted by Crippen LogP contribution is 2.02. The van der Waals surface area contributed by atoms with Gasteiger partial charge in [0.2, 0.25) is 0 Å². The molecule has 0 aliphatic rings. The quantitative estimate of drug-likeness (QED) is 0.653. The third-order valence-electron chi connectivity index (χ3n) is 1.70. The Morgan fingerprint density at radius 2 is 2.46 bits per heavy atom. The SMILES string of the molecule is O=C([O-])C(O)CCc1cccnc1. The lowest BCUT2D eigenvalue weighted by Crippen LogP contribution is -2.35. The first kappa shape index (κ1) is 9.67. The van der Waals surface area contributed by atoms with E-state index in [1.54, 1.807) is 18.5 Å². The van der Waals surface area contributed by atoms with Crippen LogP contribution in [0.4, 0.5) is 0 Å². The minimum Gasteiger partial charge on any atom is -0.547 e. The fourth-order valence-electron chi connectivity index (χ4n) is 0.967. The Bertz CT molecular complexity index is 273. The fourth-order valence-corrected chi connectivity index (χ4v) is 0.967. The third kappa shape index (κ3) is 3.21. The summed E-state index contributed by atoms with van der Waals surface area (Å²) in [6, 6.07) is 3.59. The number of aromatic nitrogens is 1. The first-order chi connectivity index (χ1) is 6.20. The second-order valence-electron chi connectivity index (χ2n) is 2.73. The van der Waals surface area contributed by atoms with Crippen molar-refractivity contribution in [2.45, 2.75) is 18.9 Å². The molecule has 1 heterocycles. The highest BCUT2D eigenvalue weighted by Gasteiger charge is 2.04. The summed E-state index contributed by atoms with van der Waals surface area (Å²) in [5.74, 6) is -1.43. The van der Waals surface area contributed by atoms with E-state index in [0.29, 0.717) is 6.42 Å². The van der Waals surface area contributed by atoms with Gasteiger partial charge in [0, 0.05) is 12.4 Å². The second kappa shape index (κ2) is 4.57. The van der Waals surface area contributed by atoms with E-state index in [9.17, 15) is 9.90 Å². The number of nitrogens with zero attached hydrogens (tertiary/aromatic N) is 1. The average Bonchev–Trinajstić information content (AvgIpc) is 2.15. The van der Waals surface area contributed by atoms with Gasteiger partial charge in [-0.2, -0.15) is 0 Å². The van der Waals surface area contributed by atoms with Crippen molar-refractivity contribution in [3.05, 3.63) is 30.1 Å². The van der Waals surface area contributed by atoms with Crippen LogP contribution in [0.25, 0.3) is 0 Å². The summed E-state index contributed by atoms with van der Waals surface area (Å²) in [7, 11) is 0. The van der Waals surface area contributed by atoms with E-state index < -0.39 is 12.1 Å². The van der Waals surface area contributed by atoms with E-state index in [4.69, 9.17) is 5.11 Å². The molecule has 0 amide bonds. The number of aliphatic hydroxyl groups excluding tert-OH is 1. The Kier molecular flexibility index (Phi) is 3.40. The molecule has 0 aliphatic carbocycles. The lowest BCUT2D eigenvalue weighted by Gasteiger charge is -2.10. The number of aryl methyl sites for hydroxylation is 1. The van der Waals surface area contributed by atoms with Crippen molar-refractivity contribution in [1.82, 2.24) is 4.98 Å². The van der Waals surface area contributed by atoms with Gasteiger partial charge >= 0.3 is 0 Å². The van der Waals surface area contributed by atoms with Gasteiger partial charge in [0.05, 0.1) is 12.1 Å². The number of hydrogen-bond acceptors (Lipinski definition) is 4. The number of carbonyl (C=O) groups is 1. The van der Waals surface area contributed by atoms with Crippen LogP contribution in [0.2, 0.25) is 0 Å². The Morgan fingerprint density at radius 1 is 1.69 bits per heavy atom. The lowest BCUT2D eigenvalue weighted by atomic mass is 10.1. The van der Waals surface area contributed by atoms with Crippen molar-refractivity contribution >= 4 is 5.97 Å². The van der Waals surface area contributed by atoms with Crippen LogP contribution >= 0.6 is 0 Å². The Balaban J connectivity index is 2.39.